The van der Waals surface area contributed by atoms with Gasteiger partial charge < -0.3 is 4.74 Å². The van der Waals surface area contributed by atoms with E-state index in [1.807, 2.05) is 42.5 Å². The summed E-state index contributed by atoms with van der Waals surface area (Å²) in [5.41, 5.74) is 0.414. The first-order chi connectivity index (χ1) is 6.29. The van der Waals surface area contributed by atoms with Crippen LogP contribution in [0.25, 0.3) is 0 Å². The summed E-state index contributed by atoms with van der Waals surface area (Å²) < 4.78 is 4.73. The van der Waals surface area contributed by atoms with E-state index in [4.69, 9.17) is 4.74 Å². The van der Waals surface area contributed by atoms with Crippen molar-refractivity contribution in [2.45, 2.75) is 5.41 Å². The van der Waals surface area contributed by atoms with Crippen LogP contribution in [-0.4, -0.2) is 13.1 Å². The smallest absolute Gasteiger partial charge is 0.324 e. The SMILES string of the molecule is COC(=O)C1(c2ccccc2)C=C1. The zero-order valence-corrected chi connectivity index (χ0v) is 7.36. The number of esters is 1. The molecule has 0 aliphatic heterocycles. The number of hydrogen-bond donors (Lipinski definition) is 0. The highest BCUT2D eigenvalue weighted by Gasteiger charge is 2.44. The van der Waals surface area contributed by atoms with Gasteiger partial charge in [-0.05, 0) is 5.56 Å². The summed E-state index contributed by atoms with van der Waals surface area (Å²) in [6, 6.07) is 9.62. The van der Waals surface area contributed by atoms with Crippen LogP contribution in [0.2, 0.25) is 0 Å². The number of methoxy groups -OCH3 is 1. The third kappa shape index (κ3) is 1.15. The van der Waals surface area contributed by atoms with Crippen molar-refractivity contribution >= 4 is 5.97 Å². The van der Waals surface area contributed by atoms with Crippen LogP contribution in [0.4, 0.5) is 0 Å². The quantitative estimate of drug-likeness (QED) is 0.503. The molecule has 0 radical (unpaired) electrons. The van der Waals surface area contributed by atoms with Crippen LogP contribution < -0.4 is 0 Å². The summed E-state index contributed by atoms with van der Waals surface area (Å²) >= 11 is 0. The summed E-state index contributed by atoms with van der Waals surface area (Å²) in [5.74, 6) is -0.210. The number of rotatable bonds is 2. The first-order valence-electron chi connectivity index (χ1n) is 4.14. The number of hydrogen-bond acceptors (Lipinski definition) is 2. The van der Waals surface area contributed by atoms with Crippen LogP contribution in [0.3, 0.4) is 0 Å². The molecular weight excluding hydrogens is 164 g/mol. The van der Waals surface area contributed by atoms with E-state index in [2.05, 4.69) is 0 Å². The van der Waals surface area contributed by atoms with E-state index in [0.717, 1.165) is 5.56 Å². The van der Waals surface area contributed by atoms with Gasteiger partial charge in [-0.2, -0.15) is 0 Å². The second kappa shape index (κ2) is 2.73. The van der Waals surface area contributed by atoms with Crippen LogP contribution in [0, 0.1) is 0 Å². The Kier molecular flexibility index (Phi) is 1.69. The molecule has 2 heteroatoms. The average molecular weight is 174 g/mol. The predicted octanol–water partition coefficient (Wildman–Crippen LogP) is 1.67. The minimum atomic E-state index is -0.560. The molecule has 0 saturated heterocycles. The molecule has 0 atom stereocenters. The van der Waals surface area contributed by atoms with Gasteiger partial charge in [0.1, 0.15) is 5.41 Å². The number of carbonyl (C=O) groups excluding carboxylic acids is 1. The van der Waals surface area contributed by atoms with Gasteiger partial charge in [-0.3, -0.25) is 4.79 Å². The Morgan fingerprint density at radius 3 is 2.31 bits per heavy atom. The maximum absolute atomic E-state index is 11.4. The summed E-state index contributed by atoms with van der Waals surface area (Å²) in [4.78, 5) is 11.4. The Morgan fingerprint density at radius 1 is 1.23 bits per heavy atom. The fourth-order valence-corrected chi connectivity index (χ4v) is 1.41. The molecule has 0 aromatic heterocycles. The molecule has 0 heterocycles. The van der Waals surface area contributed by atoms with E-state index in [9.17, 15) is 4.79 Å². The second-order valence-electron chi connectivity index (χ2n) is 3.06. The van der Waals surface area contributed by atoms with Crippen molar-refractivity contribution in [1.82, 2.24) is 0 Å². The van der Waals surface area contributed by atoms with E-state index in [-0.39, 0.29) is 5.97 Å². The molecule has 0 bridgehead atoms. The van der Waals surface area contributed by atoms with Crippen molar-refractivity contribution in [2.75, 3.05) is 7.11 Å². The van der Waals surface area contributed by atoms with Crippen LogP contribution in [0.15, 0.2) is 42.5 Å². The van der Waals surface area contributed by atoms with E-state index in [0.29, 0.717) is 0 Å². The van der Waals surface area contributed by atoms with Gasteiger partial charge >= 0.3 is 5.97 Å². The van der Waals surface area contributed by atoms with Crippen LogP contribution in [0.1, 0.15) is 5.56 Å². The third-order valence-corrected chi connectivity index (χ3v) is 2.27. The van der Waals surface area contributed by atoms with Crippen molar-refractivity contribution in [3.05, 3.63) is 48.0 Å². The molecular formula is C11H10O2. The van der Waals surface area contributed by atoms with Gasteiger partial charge in [0, 0.05) is 0 Å². The standard InChI is InChI=1S/C11H10O2/c1-13-10(12)11(7-8-11)9-5-3-2-4-6-9/h2-8H,1H3. The van der Waals surface area contributed by atoms with Crippen molar-refractivity contribution < 1.29 is 9.53 Å². The van der Waals surface area contributed by atoms with Gasteiger partial charge in [-0.1, -0.05) is 42.5 Å². The van der Waals surface area contributed by atoms with E-state index in [1.54, 1.807) is 0 Å². The maximum Gasteiger partial charge on any atom is 0.324 e. The lowest BCUT2D eigenvalue weighted by Crippen LogP contribution is -2.23. The first-order valence-corrected chi connectivity index (χ1v) is 4.14. The fraction of sp³-hybridized carbons (Fsp3) is 0.182. The topological polar surface area (TPSA) is 26.3 Å². The lowest BCUT2D eigenvalue weighted by atomic mass is 9.94. The van der Waals surface area contributed by atoms with Crippen molar-refractivity contribution in [1.29, 1.82) is 0 Å². The highest BCUT2D eigenvalue weighted by Crippen LogP contribution is 2.39. The highest BCUT2D eigenvalue weighted by atomic mass is 16.5. The van der Waals surface area contributed by atoms with Crippen LogP contribution in [0.5, 0.6) is 0 Å². The number of carbonyl (C=O) groups is 1. The van der Waals surface area contributed by atoms with Crippen LogP contribution in [-0.2, 0) is 14.9 Å². The van der Waals surface area contributed by atoms with Crippen molar-refractivity contribution in [3.8, 4) is 0 Å². The molecule has 0 N–H and O–H groups in total. The summed E-state index contributed by atoms with van der Waals surface area (Å²) in [7, 11) is 1.41. The normalized spacial score (nSPS) is 16.7. The molecule has 0 spiro atoms. The Bertz CT molecular complexity index is 346. The van der Waals surface area contributed by atoms with Crippen molar-refractivity contribution in [2.24, 2.45) is 0 Å². The molecule has 1 aromatic rings. The van der Waals surface area contributed by atoms with E-state index >= 15 is 0 Å². The Labute approximate surface area is 76.8 Å². The summed E-state index contributed by atoms with van der Waals surface area (Å²) in [6.45, 7) is 0. The van der Waals surface area contributed by atoms with Gasteiger partial charge in [0.05, 0.1) is 7.11 Å². The molecule has 0 saturated carbocycles. The third-order valence-electron chi connectivity index (χ3n) is 2.27. The Balaban J connectivity index is 2.32. The zero-order chi connectivity index (χ0) is 9.31. The molecule has 0 fully saturated rings. The van der Waals surface area contributed by atoms with Gasteiger partial charge in [0.25, 0.3) is 0 Å². The fourth-order valence-electron chi connectivity index (χ4n) is 1.41. The molecule has 1 aliphatic rings. The molecule has 0 unspecified atom stereocenters. The molecule has 2 nitrogen and oxygen atoms in total. The largest absolute Gasteiger partial charge is 0.468 e. The Hall–Kier alpha value is -1.57. The van der Waals surface area contributed by atoms with Gasteiger partial charge in [0.15, 0.2) is 0 Å². The first kappa shape index (κ1) is 8.05. The maximum atomic E-state index is 11.4. The monoisotopic (exact) mass is 174 g/mol. The second-order valence-corrected chi connectivity index (χ2v) is 3.06. The van der Waals surface area contributed by atoms with Crippen molar-refractivity contribution in [3.63, 3.8) is 0 Å². The lowest BCUT2D eigenvalue weighted by molar-refractivity contribution is -0.142. The van der Waals surface area contributed by atoms with Crippen LogP contribution >= 0.6 is 0 Å². The minimum Gasteiger partial charge on any atom is -0.468 e. The molecule has 1 aromatic carbocycles. The van der Waals surface area contributed by atoms with Gasteiger partial charge in [-0.15, -0.1) is 0 Å². The highest BCUT2D eigenvalue weighted by molar-refractivity contribution is 5.93. The zero-order valence-electron chi connectivity index (χ0n) is 7.36. The number of benzene rings is 1. The summed E-state index contributed by atoms with van der Waals surface area (Å²) in [6.07, 6.45) is 3.71. The average Bonchev–Trinajstić information content (AvgIpc) is 2.99. The Morgan fingerprint density at radius 2 is 1.85 bits per heavy atom. The predicted molar refractivity (Wildman–Crippen MR) is 49.3 cm³/mol. The van der Waals surface area contributed by atoms with E-state index < -0.39 is 5.41 Å². The van der Waals surface area contributed by atoms with E-state index in [1.165, 1.54) is 7.11 Å². The molecule has 1 aliphatic carbocycles. The van der Waals surface area contributed by atoms with Gasteiger partial charge in [0.2, 0.25) is 0 Å². The lowest BCUT2D eigenvalue weighted by Gasteiger charge is -2.12. The molecule has 0 amide bonds. The summed E-state index contributed by atoms with van der Waals surface area (Å²) in [5, 5.41) is 0. The van der Waals surface area contributed by atoms with Gasteiger partial charge in [-0.25, -0.2) is 0 Å². The molecule has 66 valence electrons. The molecule has 13 heavy (non-hydrogen) atoms. The minimum absolute atomic E-state index is 0.210. The number of ether oxygens (including phenoxy) is 1. The molecule has 2 rings (SSSR count).